The molecule has 0 aliphatic carbocycles. The Labute approximate surface area is 202 Å². The van der Waals surface area contributed by atoms with Crippen molar-refractivity contribution in [2.45, 2.75) is 91.2 Å². The van der Waals surface area contributed by atoms with Gasteiger partial charge in [-0.15, -0.1) is 0 Å². The van der Waals surface area contributed by atoms with Crippen LogP contribution in [0.25, 0.3) is 0 Å². The lowest BCUT2D eigenvalue weighted by molar-refractivity contribution is -0.141. The maximum absolute atomic E-state index is 13.8. The maximum atomic E-state index is 13.8. The summed E-state index contributed by atoms with van der Waals surface area (Å²) in [5.41, 5.74) is -0.554. The van der Waals surface area contributed by atoms with Crippen LogP contribution in [-0.2, 0) is 14.3 Å². The lowest BCUT2D eigenvalue weighted by atomic mass is 9.85. The van der Waals surface area contributed by atoms with Crippen LogP contribution in [-0.4, -0.2) is 96.7 Å². The normalized spacial score (nSPS) is 23.9. The lowest BCUT2D eigenvalue weighted by Gasteiger charge is -2.37. The number of likely N-dealkylation sites (tertiary alicyclic amines) is 2. The Bertz CT molecular complexity index is 767. The number of amides is 5. The van der Waals surface area contributed by atoms with Crippen molar-refractivity contribution >= 4 is 23.9 Å². The van der Waals surface area contributed by atoms with Gasteiger partial charge in [0, 0.05) is 19.1 Å². The standard InChI is InChI=1S/C23H42N6O5/c1-9-25-22(33)34-16-12-29(21(32)26-13(2)3)15-10-11-28(17(15)16)20(31)18(23(5,6)7)27-19(30)14(4)24-8/h13-18,24H,9-12H2,1-8H3,(H,25,33)(H,26,32)(H,27,30)/t14-,15+,16-,17-,18+/m0/s1. The molecule has 2 aliphatic rings. The Morgan fingerprint density at radius 1 is 1.06 bits per heavy atom. The summed E-state index contributed by atoms with van der Waals surface area (Å²) in [6.07, 6.45) is -0.691. The van der Waals surface area contributed by atoms with Crippen molar-refractivity contribution in [2.75, 3.05) is 26.7 Å². The quantitative estimate of drug-likeness (QED) is 0.421. The average molecular weight is 483 g/mol. The van der Waals surface area contributed by atoms with Gasteiger partial charge in [-0.05, 0) is 46.6 Å². The average Bonchev–Trinajstić information content (AvgIpc) is 3.31. The molecule has 5 atom stereocenters. The maximum Gasteiger partial charge on any atom is 0.407 e. The van der Waals surface area contributed by atoms with E-state index in [1.165, 1.54) is 0 Å². The van der Waals surface area contributed by atoms with Crippen molar-refractivity contribution < 1.29 is 23.9 Å². The van der Waals surface area contributed by atoms with E-state index in [1.807, 2.05) is 34.6 Å². The molecular formula is C23H42N6O5. The van der Waals surface area contributed by atoms with Crippen LogP contribution in [0.15, 0.2) is 0 Å². The number of ether oxygens (including phenoxy) is 1. The second-order valence-electron chi connectivity index (χ2n) is 10.4. The highest BCUT2D eigenvalue weighted by Gasteiger charge is 2.55. The zero-order valence-electron chi connectivity index (χ0n) is 21.7. The zero-order chi connectivity index (χ0) is 25.8. The molecule has 11 nitrogen and oxygen atoms in total. The van der Waals surface area contributed by atoms with E-state index < -0.39 is 35.7 Å². The predicted molar refractivity (Wildman–Crippen MR) is 128 cm³/mol. The first-order chi connectivity index (χ1) is 15.8. The largest absolute Gasteiger partial charge is 0.442 e. The first-order valence-electron chi connectivity index (χ1n) is 12.1. The summed E-state index contributed by atoms with van der Waals surface area (Å²) in [4.78, 5) is 54.9. The number of nitrogens with zero attached hydrogens (tertiary/aromatic N) is 2. The fourth-order valence-electron chi connectivity index (χ4n) is 4.49. The van der Waals surface area contributed by atoms with Crippen LogP contribution in [0.2, 0.25) is 0 Å². The SMILES string of the molecule is CCNC(=O)O[C@H]1CN(C(=O)NC(C)C)[C@@H]2CCN(C(=O)[C@@H](NC(=O)[C@H](C)NC)C(C)(C)C)[C@H]12. The Hall–Kier alpha value is -2.56. The molecule has 2 rings (SSSR count). The smallest absolute Gasteiger partial charge is 0.407 e. The highest BCUT2D eigenvalue weighted by molar-refractivity contribution is 5.90. The van der Waals surface area contributed by atoms with E-state index >= 15 is 0 Å². The Morgan fingerprint density at radius 3 is 2.24 bits per heavy atom. The molecule has 4 N–H and O–H groups in total. The van der Waals surface area contributed by atoms with Crippen molar-refractivity contribution in [2.24, 2.45) is 5.41 Å². The van der Waals surface area contributed by atoms with E-state index in [1.54, 1.807) is 30.7 Å². The topological polar surface area (TPSA) is 132 Å². The summed E-state index contributed by atoms with van der Waals surface area (Å²) in [6, 6.07) is -2.31. The third-order valence-electron chi connectivity index (χ3n) is 6.34. The molecule has 11 heteroatoms. The fourth-order valence-corrected chi connectivity index (χ4v) is 4.49. The Morgan fingerprint density at radius 2 is 1.71 bits per heavy atom. The molecule has 0 aromatic rings. The van der Waals surface area contributed by atoms with E-state index in [-0.39, 0.29) is 36.5 Å². The lowest BCUT2D eigenvalue weighted by Crippen LogP contribution is -2.59. The summed E-state index contributed by atoms with van der Waals surface area (Å²) in [6.45, 7) is 14.0. The summed E-state index contributed by atoms with van der Waals surface area (Å²) in [5, 5.41) is 11.3. The first kappa shape index (κ1) is 27.7. The highest BCUT2D eigenvalue weighted by Crippen LogP contribution is 2.35. The molecule has 194 valence electrons. The summed E-state index contributed by atoms with van der Waals surface area (Å²) in [5.74, 6) is -0.515. The third-order valence-corrected chi connectivity index (χ3v) is 6.34. The van der Waals surface area contributed by atoms with E-state index in [9.17, 15) is 19.2 Å². The van der Waals surface area contributed by atoms with E-state index in [4.69, 9.17) is 4.74 Å². The van der Waals surface area contributed by atoms with Crippen LogP contribution in [0.5, 0.6) is 0 Å². The van der Waals surface area contributed by atoms with Crippen molar-refractivity contribution in [3.63, 3.8) is 0 Å². The molecule has 5 amide bonds. The number of likely N-dealkylation sites (N-methyl/N-ethyl adjacent to an activating group) is 1. The summed E-state index contributed by atoms with van der Waals surface area (Å²) >= 11 is 0. The number of alkyl carbamates (subject to hydrolysis) is 1. The summed E-state index contributed by atoms with van der Waals surface area (Å²) < 4.78 is 5.67. The predicted octanol–water partition coefficient (Wildman–Crippen LogP) is 0.643. The third kappa shape index (κ3) is 6.31. The van der Waals surface area contributed by atoms with Crippen LogP contribution in [0.1, 0.15) is 54.9 Å². The number of urea groups is 1. The van der Waals surface area contributed by atoms with Gasteiger partial charge in [-0.1, -0.05) is 20.8 Å². The Balaban J connectivity index is 2.33. The molecule has 0 unspecified atom stereocenters. The molecule has 2 heterocycles. The number of rotatable bonds is 7. The minimum atomic E-state index is -0.779. The van der Waals surface area contributed by atoms with E-state index in [2.05, 4.69) is 21.3 Å². The molecule has 0 aromatic carbocycles. The fraction of sp³-hybridized carbons (Fsp3) is 0.826. The molecule has 2 fully saturated rings. The van der Waals surface area contributed by atoms with Crippen molar-refractivity contribution in [3.8, 4) is 0 Å². The monoisotopic (exact) mass is 482 g/mol. The Kier molecular flexibility index (Phi) is 9.15. The van der Waals surface area contributed by atoms with Gasteiger partial charge in [-0.2, -0.15) is 0 Å². The number of hydrogen-bond donors (Lipinski definition) is 4. The minimum absolute atomic E-state index is 0.0527. The number of nitrogens with one attached hydrogen (secondary N) is 4. The van der Waals surface area contributed by atoms with E-state index in [0.717, 1.165) is 0 Å². The second kappa shape index (κ2) is 11.2. The van der Waals surface area contributed by atoms with Gasteiger partial charge in [0.1, 0.15) is 12.1 Å². The van der Waals surface area contributed by atoms with Crippen molar-refractivity contribution in [1.29, 1.82) is 0 Å². The number of carbonyl (C=O) groups is 4. The molecule has 2 aliphatic heterocycles. The van der Waals surface area contributed by atoms with Gasteiger partial charge >= 0.3 is 12.1 Å². The van der Waals surface area contributed by atoms with Gasteiger partial charge in [-0.25, -0.2) is 9.59 Å². The van der Waals surface area contributed by atoms with Crippen molar-refractivity contribution in [1.82, 2.24) is 31.1 Å². The van der Waals surface area contributed by atoms with Gasteiger partial charge in [0.05, 0.1) is 24.7 Å². The van der Waals surface area contributed by atoms with Crippen LogP contribution in [0.3, 0.4) is 0 Å². The second-order valence-corrected chi connectivity index (χ2v) is 10.4. The van der Waals surface area contributed by atoms with Crippen LogP contribution in [0, 0.1) is 5.41 Å². The molecule has 0 aromatic heterocycles. The van der Waals surface area contributed by atoms with Crippen LogP contribution in [0.4, 0.5) is 9.59 Å². The number of hydrogen-bond acceptors (Lipinski definition) is 6. The van der Waals surface area contributed by atoms with Gasteiger partial charge in [-0.3, -0.25) is 9.59 Å². The molecule has 34 heavy (non-hydrogen) atoms. The van der Waals surface area contributed by atoms with E-state index in [0.29, 0.717) is 19.5 Å². The van der Waals surface area contributed by atoms with Crippen LogP contribution < -0.4 is 21.3 Å². The van der Waals surface area contributed by atoms with Gasteiger partial charge < -0.3 is 35.8 Å². The van der Waals surface area contributed by atoms with Gasteiger partial charge in [0.15, 0.2) is 0 Å². The zero-order valence-corrected chi connectivity index (χ0v) is 21.7. The molecule has 0 saturated carbocycles. The summed E-state index contributed by atoms with van der Waals surface area (Å²) in [7, 11) is 1.68. The van der Waals surface area contributed by atoms with Crippen molar-refractivity contribution in [3.05, 3.63) is 0 Å². The van der Waals surface area contributed by atoms with Gasteiger partial charge in [0.25, 0.3) is 0 Å². The minimum Gasteiger partial charge on any atom is -0.442 e. The molecular weight excluding hydrogens is 440 g/mol. The van der Waals surface area contributed by atoms with Crippen LogP contribution >= 0.6 is 0 Å². The molecule has 0 radical (unpaired) electrons. The van der Waals surface area contributed by atoms with Gasteiger partial charge in [0.2, 0.25) is 11.8 Å². The molecule has 2 saturated heterocycles. The number of carbonyl (C=O) groups excluding carboxylic acids is 4. The molecule has 0 bridgehead atoms. The number of fused-ring (bicyclic) bond motifs is 1. The molecule has 0 spiro atoms. The first-order valence-corrected chi connectivity index (χ1v) is 12.1. The highest BCUT2D eigenvalue weighted by atomic mass is 16.6.